The minimum Gasteiger partial charge on any atom is -0.396 e. The second-order valence-electron chi connectivity index (χ2n) is 6.55. The Morgan fingerprint density at radius 2 is 2.15 bits per heavy atom. The van der Waals surface area contributed by atoms with E-state index in [0.717, 1.165) is 48.2 Å². The Hall–Kier alpha value is -1.23. The number of aliphatic imine (C=N–C) groups is 1. The van der Waals surface area contributed by atoms with E-state index in [1.807, 2.05) is 18.2 Å². The van der Waals surface area contributed by atoms with Crippen molar-refractivity contribution in [3.63, 3.8) is 0 Å². The van der Waals surface area contributed by atoms with Crippen molar-refractivity contribution in [2.45, 2.75) is 19.4 Å². The molecule has 2 aromatic rings. The van der Waals surface area contributed by atoms with Crippen molar-refractivity contribution in [3.8, 4) is 11.3 Å². The number of ether oxygens (including phenoxy) is 1. The van der Waals surface area contributed by atoms with Crippen LogP contribution >= 0.6 is 35.3 Å². The number of rotatable bonds is 7. The molecule has 2 heterocycles. The van der Waals surface area contributed by atoms with Crippen LogP contribution in [-0.2, 0) is 11.3 Å². The number of thiazole rings is 1. The summed E-state index contributed by atoms with van der Waals surface area (Å²) in [4.78, 5) is 8.98. The molecule has 1 fully saturated rings. The standard InChI is InChI=1S/C19H26N4O2S.HI/c1-20-18(22-13-19(7-9-24)8-10-25-14-19)21-11-17-23-16(12-26-17)15-5-3-2-4-6-15;/h2-6,12,24H,7-11,13-14H2,1H3,(H2,20,21,22);1H. The average Bonchev–Trinajstić information content (AvgIpc) is 3.33. The molecule has 3 rings (SSSR count). The zero-order chi connectivity index (χ0) is 18.2. The minimum atomic E-state index is -0.00592. The third-order valence-corrected chi connectivity index (χ3v) is 5.56. The van der Waals surface area contributed by atoms with Crippen molar-refractivity contribution in [1.29, 1.82) is 0 Å². The lowest BCUT2D eigenvalue weighted by Crippen LogP contribution is -2.44. The summed E-state index contributed by atoms with van der Waals surface area (Å²) < 4.78 is 5.53. The molecular formula is C19H27IN4O2S. The predicted molar refractivity (Wildman–Crippen MR) is 121 cm³/mol. The number of aliphatic hydroxyl groups excluding tert-OH is 1. The van der Waals surface area contributed by atoms with E-state index >= 15 is 0 Å². The van der Waals surface area contributed by atoms with Crippen LogP contribution in [0.4, 0.5) is 0 Å². The largest absolute Gasteiger partial charge is 0.396 e. The molecule has 0 radical (unpaired) electrons. The number of nitrogens with one attached hydrogen (secondary N) is 2. The first-order valence-corrected chi connectivity index (χ1v) is 9.76. The van der Waals surface area contributed by atoms with Crippen molar-refractivity contribution < 1.29 is 9.84 Å². The monoisotopic (exact) mass is 502 g/mol. The molecule has 1 aliphatic heterocycles. The van der Waals surface area contributed by atoms with Gasteiger partial charge in [0.25, 0.3) is 0 Å². The molecule has 0 aliphatic carbocycles. The third-order valence-electron chi connectivity index (χ3n) is 4.71. The molecule has 6 nitrogen and oxygen atoms in total. The summed E-state index contributed by atoms with van der Waals surface area (Å²) in [6.07, 6.45) is 1.70. The van der Waals surface area contributed by atoms with Crippen LogP contribution in [0.15, 0.2) is 40.7 Å². The van der Waals surface area contributed by atoms with Gasteiger partial charge in [-0.05, 0) is 12.8 Å². The third kappa shape index (κ3) is 6.13. The Morgan fingerprint density at radius 1 is 1.33 bits per heavy atom. The summed E-state index contributed by atoms with van der Waals surface area (Å²) in [5.74, 6) is 0.741. The Balaban J connectivity index is 0.00000261. The summed E-state index contributed by atoms with van der Waals surface area (Å²) in [6.45, 7) is 2.99. The van der Waals surface area contributed by atoms with Gasteiger partial charge in [-0.25, -0.2) is 4.98 Å². The van der Waals surface area contributed by atoms with Gasteiger partial charge in [0.2, 0.25) is 0 Å². The fourth-order valence-electron chi connectivity index (χ4n) is 3.10. The van der Waals surface area contributed by atoms with E-state index in [1.165, 1.54) is 0 Å². The van der Waals surface area contributed by atoms with E-state index in [0.29, 0.717) is 13.2 Å². The van der Waals surface area contributed by atoms with Gasteiger partial charge < -0.3 is 20.5 Å². The lowest BCUT2D eigenvalue weighted by molar-refractivity contribution is 0.127. The van der Waals surface area contributed by atoms with E-state index < -0.39 is 0 Å². The first kappa shape index (κ1) is 22.1. The van der Waals surface area contributed by atoms with E-state index in [2.05, 4.69) is 38.1 Å². The van der Waals surface area contributed by atoms with Crippen molar-refractivity contribution in [1.82, 2.24) is 15.6 Å². The molecule has 1 atom stereocenters. The minimum absolute atomic E-state index is 0. The first-order valence-electron chi connectivity index (χ1n) is 8.88. The maximum absolute atomic E-state index is 9.33. The van der Waals surface area contributed by atoms with Crippen molar-refractivity contribution in [2.75, 3.05) is 33.4 Å². The van der Waals surface area contributed by atoms with Crippen LogP contribution in [-0.4, -0.2) is 49.5 Å². The van der Waals surface area contributed by atoms with Gasteiger partial charge in [-0.2, -0.15) is 0 Å². The molecule has 3 N–H and O–H groups in total. The highest BCUT2D eigenvalue weighted by Gasteiger charge is 2.34. The highest BCUT2D eigenvalue weighted by atomic mass is 127. The maximum Gasteiger partial charge on any atom is 0.191 e. The van der Waals surface area contributed by atoms with Gasteiger partial charge in [-0.1, -0.05) is 30.3 Å². The Morgan fingerprint density at radius 3 is 2.81 bits per heavy atom. The lowest BCUT2D eigenvalue weighted by atomic mass is 9.84. The zero-order valence-corrected chi connectivity index (χ0v) is 18.6. The first-order chi connectivity index (χ1) is 12.7. The molecule has 27 heavy (non-hydrogen) atoms. The molecular weight excluding hydrogens is 475 g/mol. The normalized spacial score (nSPS) is 19.6. The van der Waals surface area contributed by atoms with Crippen molar-refractivity contribution in [2.24, 2.45) is 10.4 Å². The molecule has 1 aromatic carbocycles. The van der Waals surface area contributed by atoms with Crippen LogP contribution in [0.25, 0.3) is 11.3 Å². The highest BCUT2D eigenvalue weighted by molar-refractivity contribution is 14.0. The number of aromatic nitrogens is 1. The van der Waals surface area contributed by atoms with Crippen LogP contribution in [0.2, 0.25) is 0 Å². The molecule has 0 spiro atoms. The maximum atomic E-state index is 9.33. The van der Waals surface area contributed by atoms with Gasteiger partial charge in [0.05, 0.1) is 18.8 Å². The number of aliphatic hydroxyl groups is 1. The number of nitrogens with zero attached hydrogens (tertiary/aromatic N) is 2. The summed E-state index contributed by atoms with van der Waals surface area (Å²) in [5, 5.41) is 19.1. The average molecular weight is 502 g/mol. The number of benzene rings is 1. The van der Waals surface area contributed by atoms with Gasteiger partial charge in [0.15, 0.2) is 5.96 Å². The van der Waals surface area contributed by atoms with Gasteiger partial charge in [0, 0.05) is 43.2 Å². The number of guanidine groups is 1. The van der Waals surface area contributed by atoms with Gasteiger partial charge >= 0.3 is 0 Å². The summed E-state index contributed by atoms with van der Waals surface area (Å²) in [7, 11) is 1.76. The predicted octanol–water partition coefficient (Wildman–Crippen LogP) is 2.88. The Labute approximate surface area is 181 Å². The van der Waals surface area contributed by atoms with Crippen molar-refractivity contribution >= 4 is 41.3 Å². The molecule has 1 aromatic heterocycles. The van der Waals surface area contributed by atoms with Crippen LogP contribution in [0.1, 0.15) is 17.8 Å². The van der Waals surface area contributed by atoms with E-state index in [-0.39, 0.29) is 36.0 Å². The Kier molecular flexibility index (Phi) is 8.94. The second kappa shape index (κ2) is 10.9. The van der Waals surface area contributed by atoms with Crippen LogP contribution in [0, 0.1) is 5.41 Å². The molecule has 8 heteroatoms. The topological polar surface area (TPSA) is 78.8 Å². The fourth-order valence-corrected chi connectivity index (χ4v) is 3.84. The summed E-state index contributed by atoms with van der Waals surface area (Å²) >= 11 is 1.64. The number of hydrogen-bond acceptors (Lipinski definition) is 5. The lowest BCUT2D eigenvalue weighted by Gasteiger charge is -2.27. The van der Waals surface area contributed by atoms with Crippen LogP contribution < -0.4 is 10.6 Å². The van der Waals surface area contributed by atoms with Crippen LogP contribution in [0.3, 0.4) is 0 Å². The molecule has 1 saturated heterocycles. The van der Waals surface area contributed by atoms with E-state index in [9.17, 15) is 5.11 Å². The van der Waals surface area contributed by atoms with E-state index in [1.54, 1.807) is 18.4 Å². The zero-order valence-electron chi connectivity index (χ0n) is 15.5. The van der Waals surface area contributed by atoms with Crippen molar-refractivity contribution in [3.05, 3.63) is 40.7 Å². The highest BCUT2D eigenvalue weighted by Crippen LogP contribution is 2.31. The van der Waals surface area contributed by atoms with Gasteiger partial charge in [-0.15, -0.1) is 35.3 Å². The fraction of sp³-hybridized carbons (Fsp3) is 0.474. The summed E-state index contributed by atoms with van der Waals surface area (Å²) in [6, 6.07) is 10.2. The number of halogens is 1. The molecule has 148 valence electrons. The molecule has 0 saturated carbocycles. The second-order valence-corrected chi connectivity index (χ2v) is 7.49. The van der Waals surface area contributed by atoms with E-state index in [4.69, 9.17) is 4.74 Å². The van der Waals surface area contributed by atoms with Crippen LogP contribution in [0.5, 0.6) is 0 Å². The SMILES string of the molecule is CN=C(NCc1nc(-c2ccccc2)cs1)NCC1(CCO)CCOC1.I. The van der Waals surface area contributed by atoms with Gasteiger partial charge in [0.1, 0.15) is 5.01 Å². The van der Waals surface area contributed by atoms with Gasteiger partial charge in [-0.3, -0.25) is 4.99 Å². The Bertz CT molecular complexity index is 718. The molecule has 1 aliphatic rings. The quantitative estimate of drug-likeness (QED) is 0.309. The smallest absolute Gasteiger partial charge is 0.191 e. The summed E-state index contributed by atoms with van der Waals surface area (Å²) in [5.41, 5.74) is 2.12. The molecule has 0 amide bonds. The molecule has 1 unspecified atom stereocenters. The molecule has 0 bridgehead atoms. The number of hydrogen-bond donors (Lipinski definition) is 3.